The average molecular weight is 1350 g/mol. The Balaban J connectivity index is 0.00000651. The van der Waals surface area contributed by atoms with Gasteiger partial charge in [0.05, 0.1) is 83.0 Å². The van der Waals surface area contributed by atoms with Crippen LogP contribution >= 0.6 is 139 Å². The molecule has 20 heteroatoms. The van der Waals surface area contributed by atoms with E-state index in [1.165, 1.54) is 36.4 Å². The predicted octanol–water partition coefficient (Wildman–Crippen LogP) is 22.5. The third-order valence-corrected chi connectivity index (χ3v) is 19.1. The number of benzene rings is 8. The molecule has 0 spiro atoms. The van der Waals surface area contributed by atoms with E-state index in [1.807, 2.05) is 31.2 Å². The molecule has 7 nitrogen and oxygen atoms in total. The smallest absolute Gasteiger partial charge is 0.657 e. The second kappa shape index (κ2) is 21.2. The second-order valence-corrected chi connectivity index (χ2v) is 23.4. The second-order valence-electron chi connectivity index (χ2n) is 18.9. The summed E-state index contributed by atoms with van der Waals surface area (Å²) in [4.78, 5) is 21.0. The van der Waals surface area contributed by atoms with Crippen molar-refractivity contribution in [2.45, 2.75) is 6.92 Å². The minimum atomic E-state index is 0. The van der Waals surface area contributed by atoms with Crippen molar-refractivity contribution in [1.29, 1.82) is 0 Å². The molecule has 0 saturated heterocycles. The standard InChI is InChI=1S/C61H26Cl12N4O3.Zn/c1-22-2-4-23(5-3-22)38-50(62)42-30-18-35-47-44(52(64)40(55(67)59(47)71)25-8-14-28(79)15-9-25)32(75-35)20-37-49-45(53(65)41(57(69)61(49)73)26-10-16-29(80)17-11-26)33(77-37)21-36-48-43(31(76-36)19-34(74-30)46(42)58(70)54(38)66)51(63)39(56(68)60(48)72)24-6-12-27(78)13-7-24;/h2-21H,1H3,(H3-2,74,75,76,77,78,79,80);/q-2;+2. The molecule has 0 unspecified atom stereocenters. The van der Waals surface area contributed by atoms with Gasteiger partial charge in [-0.2, -0.15) is 0 Å². The third-order valence-electron chi connectivity index (χ3n) is 14.2. The summed E-state index contributed by atoms with van der Waals surface area (Å²) < 4.78 is 0. The van der Waals surface area contributed by atoms with Gasteiger partial charge in [-0.25, -0.2) is 9.97 Å². The summed E-state index contributed by atoms with van der Waals surface area (Å²) in [5.74, 6) is 0.0591. The van der Waals surface area contributed by atoms with Gasteiger partial charge in [0.1, 0.15) is 17.2 Å². The van der Waals surface area contributed by atoms with Gasteiger partial charge < -0.3 is 25.3 Å². The number of phenolic OH excluding ortho intramolecular Hbond substituents is 3. The number of aromatic hydroxyl groups is 3. The molecule has 0 amide bonds. The van der Waals surface area contributed by atoms with Crippen LogP contribution in [0.3, 0.4) is 0 Å². The molecule has 0 atom stereocenters. The Bertz CT molecular complexity index is 4460. The minimum Gasteiger partial charge on any atom is -0.657 e. The van der Waals surface area contributed by atoms with Gasteiger partial charge in [0.2, 0.25) is 0 Å². The number of aryl methyl sites for hydroxylation is 1. The molecule has 2 aliphatic heterocycles. The van der Waals surface area contributed by atoms with Crippen molar-refractivity contribution >= 4 is 183 Å². The monoisotopic (exact) mass is 1350 g/mol. The van der Waals surface area contributed by atoms with Crippen LogP contribution in [-0.4, -0.2) is 25.3 Å². The van der Waals surface area contributed by atoms with Crippen molar-refractivity contribution in [3.63, 3.8) is 0 Å². The number of aromatic nitrogens is 4. The summed E-state index contributed by atoms with van der Waals surface area (Å²) >= 11 is 89.3. The van der Waals surface area contributed by atoms with E-state index in [0.717, 1.165) is 5.56 Å². The average Bonchev–Trinajstić information content (AvgIpc) is 4.31. The van der Waals surface area contributed by atoms with Crippen LogP contribution in [-0.2, 0) is 19.5 Å². The Morgan fingerprint density at radius 1 is 0.284 bits per heavy atom. The Labute approximate surface area is 533 Å². The van der Waals surface area contributed by atoms with Crippen LogP contribution in [0.5, 0.6) is 17.2 Å². The normalized spacial score (nSPS) is 11.8. The SMILES string of the molecule is Cc1ccc(-c2c(Cl)c(Cl)c3c4cc5nc(cc6[n-]c(cc7nc(cc([n-]4)c3c2Cl)-c2c(Cl)c(Cl)c(-c3ccc(O)cc3)c(Cl)c2-7)c2c(Cl)c(Cl)c(-c3ccc(O)cc3)c(Cl)c62)-c2c(Cl)c(Cl)c(-c3ccc(O)cc3)c(Cl)c2-5)cc1.[Zn+2]. The third kappa shape index (κ3) is 8.95. The summed E-state index contributed by atoms with van der Waals surface area (Å²) in [6, 6.07) is 33.4. The summed E-state index contributed by atoms with van der Waals surface area (Å²) in [5, 5.41) is 33.9. The van der Waals surface area contributed by atoms with Crippen LogP contribution in [0.4, 0.5) is 0 Å². The number of nitrogens with zero attached hydrogens (tertiary/aromatic N) is 4. The molecular weight excluding hydrogens is 1330 g/mol. The van der Waals surface area contributed by atoms with Crippen molar-refractivity contribution < 1.29 is 34.8 Å². The molecule has 0 fully saturated rings. The molecule has 394 valence electrons. The quantitative estimate of drug-likeness (QED) is 0.119. The Hall–Kier alpha value is -5.10. The molecule has 8 aromatic carbocycles. The van der Waals surface area contributed by atoms with E-state index in [4.69, 9.17) is 159 Å². The molecule has 0 saturated carbocycles. The van der Waals surface area contributed by atoms with E-state index in [1.54, 1.807) is 60.7 Å². The largest absolute Gasteiger partial charge is 2.00 e. The summed E-state index contributed by atoms with van der Waals surface area (Å²) in [6.45, 7) is 1.97. The van der Waals surface area contributed by atoms with Gasteiger partial charge in [-0.15, -0.1) is 22.1 Å². The van der Waals surface area contributed by atoms with Crippen LogP contribution in [0.25, 0.3) is 133 Å². The molecule has 11 aromatic rings. The molecule has 13 rings (SSSR count). The van der Waals surface area contributed by atoms with Crippen molar-refractivity contribution in [1.82, 2.24) is 19.9 Å². The van der Waals surface area contributed by atoms with Gasteiger partial charge in [0.25, 0.3) is 0 Å². The fraction of sp³-hybridized carbons (Fsp3) is 0.0164. The number of phenols is 3. The van der Waals surface area contributed by atoms with Crippen molar-refractivity contribution in [2.24, 2.45) is 0 Å². The van der Waals surface area contributed by atoms with Crippen LogP contribution < -0.4 is 9.97 Å². The topological polar surface area (TPSA) is 115 Å². The number of fused-ring (bicyclic) bond motifs is 20. The molecule has 2 aliphatic rings. The maximum Gasteiger partial charge on any atom is 2.00 e. The molecule has 0 radical (unpaired) electrons. The van der Waals surface area contributed by atoms with E-state index < -0.39 is 0 Å². The van der Waals surface area contributed by atoms with Crippen molar-refractivity contribution in [2.75, 3.05) is 0 Å². The van der Waals surface area contributed by atoms with Crippen LogP contribution in [0.2, 0.25) is 60.3 Å². The zero-order valence-electron chi connectivity index (χ0n) is 40.9. The van der Waals surface area contributed by atoms with Gasteiger partial charge >= 0.3 is 19.5 Å². The number of rotatable bonds is 4. The van der Waals surface area contributed by atoms with Gasteiger partial charge in [0, 0.05) is 44.5 Å². The van der Waals surface area contributed by atoms with E-state index in [9.17, 15) is 15.3 Å². The molecule has 5 heterocycles. The minimum absolute atomic E-state index is 0. The first-order chi connectivity index (χ1) is 38.3. The zero-order valence-corrected chi connectivity index (χ0v) is 53.0. The molecule has 81 heavy (non-hydrogen) atoms. The zero-order chi connectivity index (χ0) is 56.1. The molecular formula is C61H26Cl12N4O3Zn. The van der Waals surface area contributed by atoms with Gasteiger partial charge in [-0.1, -0.05) is 205 Å². The fourth-order valence-corrected chi connectivity index (χ4v) is 14.6. The summed E-state index contributed by atoms with van der Waals surface area (Å²) in [5.41, 5.74) is 8.31. The Kier molecular flexibility index (Phi) is 14.8. The number of hydrogen-bond acceptors (Lipinski definition) is 5. The Morgan fingerprint density at radius 3 is 0.802 bits per heavy atom. The van der Waals surface area contributed by atoms with E-state index in [-0.39, 0.29) is 142 Å². The Morgan fingerprint density at radius 2 is 0.506 bits per heavy atom. The van der Waals surface area contributed by atoms with Gasteiger partial charge in [-0.05, 0) is 111 Å². The maximum atomic E-state index is 10.3. The van der Waals surface area contributed by atoms with E-state index in [2.05, 4.69) is 0 Å². The van der Waals surface area contributed by atoms with Crippen LogP contribution in [0.1, 0.15) is 5.56 Å². The summed E-state index contributed by atoms with van der Waals surface area (Å²) in [6.07, 6.45) is 0. The van der Waals surface area contributed by atoms with Crippen molar-refractivity contribution in [3.05, 3.63) is 187 Å². The molecule has 0 aliphatic carbocycles. The van der Waals surface area contributed by atoms with E-state index in [0.29, 0.717) is 88.3 Å². The molecule has 8 bridgehead atoms. The molecule has 3 aromatic heterocycles. The first kappa shape index (κ1) is 56.4. The number of hydrogen-bond donors (Lipinski definition) is 3. The fourth-order valence-electron chi connectivity index (χ4n) is 10.5. The van der Waals surface area contributed by atoms with Crippen LogP contribution in [0.15, 0.2) is 121 Å². The van der Waals surface area contributed by atoms with E-state index >= 15 is 0 Å². The molecule has 3 N–H and O–H groups in total. The predicted molar refractivity (Wildman–Crippen MR) is 334 cm³/mol. The summed E-state index contributed by atoms with van der Waals surface area (Å²) in [7, 11) is 0. The maximum absolute atomic E-state index is 10.3. The van der Waals surface area contributed by atoms with Crippen molar-refractivity contribution in [3.8, 4) is 107 Å². The van der Waals surface area contributed by atoms with Crippen LogP contribution in [0, 0.1) is 6.92 Å². The first-order valence-corrected chi connectivity index (χ1v) is 28.4. The number of halogens is 12. The van der Waals surface area contributed by atoms with Gasteiger partial charge in [-0.3, -0.25) is 0 Å². The van der Waals surface area contributed by atoms with Gasteiger partial charge in [0.15, 0.2) is 0 Å². The first-order valence-electron chi connectivity index (χ1n) is 23.8.